The molecule has 2 aromatic carbocycles. The molecule has 2 aromatic rings. The van der Waals surface area contributed by atoms with Crippen LogP contribution in [-0.4, -0.2) is 25.5 Å². The second kappa shape index (κ2) is 9.62. The first kappa shape index (κ1) is 18.7. The number of carbonyl (C=O) groups is 2. The summed E-state index contributed by atoms with van der Waals surface area (Å²) in [4.78, 5) is 23.2. The molecular formula is C21H24O4. The zero-order chi connectivity index (χ0) is 18.1. The summed E-state index contributed by atoms with van der Waals surface area (Å²) in [6.07, 6.45) is 2.43. The molecule has 0 aliphatic carbocycles. The van der Waals surface area contributed by atoms with E-state index in [2.05, 4.69) is 11.7 Å². The van der Waals surface area contributed by atoms with E-state index in [-0.39, 0.29) is 24.6 Å². The minimum atomic E-state index is -0.369. The number of carbonyl (C=O) groups excluding carboxylic acids is 2. The lowest BCUT2D eigenvalue weighted by atomic mass is 10.0. The van der Waals surface area contributed by atoms with Crippen LogP contribution in [0.1, 0.15) is 43.0 Å². The number of ether oxygens (including phenoxy) is 2. The van der Waals surface area contributed by atoms with E-state index in [9.17, 15) is 9.59 Å². The number of unbranched alkanes of at least 4 members (excludes halogenated alkanes) is 1. The first-order valence-electron chi connectivity index (χ1n) is 8.57. The normalized spacial score (nSPS) is 10.3. The second-order valence-electron chi connectivity index (χ2n) is 5.80. The van der Waals surface area contributed by atoms with E-state index in [1.165, 1.54) is 7.11 Å². The first-order chi connectivity index (χ1) is 12.1. The average molecular weight is 340 g/mol. The molecule has 0 bridgehead atoms. The highest BCUT2D eigenvalue weighted by atomic mass is 16.5. The summed E-state index contributed by atoms with van der Waals surface area (Å²) in [5, 5.41) is 0. The summed E-state index contributed by atoms with van der Waals surface area (Å²) in [6.45, 7) is 2.87. The Kier molecular flexibility index (Phi) is 7.20. The summed E-state index contributed by atoms with van der Waals surface area (Å²) >= 11 is 0. The predicted molar refractivity (Wildman–Crippen MR) is 97.9 cm³/mol. The Morgan fingerprint density at radius 2 is 1.48 bits per heavy atom. The standard InChI is InChI=1S/C21H24O4/c1-3-4-15-25-19-11-9-17(10-12-19)16-5-7-18(8-6-16)20(22)13-14-21(23)24-2/h5-12H,3-4,13-15H2,1-2H3. The Hall–Kier alpha value is -2.62. The molecule has 0 spiro atoms. The third kappa shape index (κ3) is 5.75. The van der Waals surface area contributed by atoms with Crippen molar-refractivity contribution in [3.63, 3.8) is 0 Å². The summed E-state index contributed by atoms with van der Waals surface area (Å²) in [5.74, 6) is 0.439. The Morgan fingerprint density at radius 1 is 0.880 bits per heavy atom. The number of ketones is 1. The van der Waals surface area contributed by atoms with Crippen LogP contribution in [-0.2, 0) is 9.53 Å². The van der Waals surface area contributed by atoms with Gasteiger partial charge in [0.05, 0.1) is 20.1 Å². The molecule has 0 saturated heterocycles. The van der Waals surface area contributed by atoms with Crippen molar-refractivity contribution in [2.24, 2.45) is 0 Å². The van der Waals surface area contributed by atoms with Gasteiger partial charge in [-0.25, -0.2) is 0 Å². The Morgan fingerprint density at radius 3 is 2.04 bits per heavy atom. The van der Waals surface area contributed by atoms with E-state index >= 15 is 0 Å². The van der Waals surface area contributed by atoms with Crippen molar-refractivity contribution in [1.29, 1.82) is 0 Å². The average Bonchev–Trinajstić information content (AvgIpc) is 2.66. The van der Waals surface area contributed by atoms with E-state index in [1.54, 1.807) is 12.1 Å². The Labute approximate surface area is 148 Å². The van der Waals surface area contributed by atoms with Gasteiger partial charge in [0, 0.05) is 12.0 Å². The molecule has 2 rings (SSSR count). The molecule has 0 aromatic heterocycles. The maximum absolute atomic E-state index is 12.1. The largest absolute Gasteiger partial charge is 0.494 e. The van der Waals surface area contributed by atoms with Crippen LogP contribution in [0.3, 0.4) is 0 Å². The zero-order valence-electron chi connectivity index (χ0n) is 14.8. The van der Waals surface area contributed by atoms with E-state index in [0.29, 0.717) is 5.56 Å². The van der Waals surface area contributed by atoms with Crippen LogP contribution < -0.4 is 4.74 Å². The molecule has 0 fully saturated rings. The second-order valence-corrected chi connectivity index (χ2v) is 5.80. The third-order valence-corrected chi connectivity index (χ3v) is 3.95. The van der Waals surface area contributed by atoms with Gasteiger partial charge < -0.3 is 9.47 Å². The minimum Gasteiger partial charge on any atom is -0.494 e. The molecule has 0 saturated carbocycles. The van der Waals surface area contributed by atoms with E-state index < -0.39 is 0 Å². The van der Waals surface area contributed by atoms with Gasteiger partial charge in [-0.15, -0.1) is 0 Å². The summed E-state index contributed by atoms with van der Waals surface area (Å²) in [7, 11) is 1.32. The molecular weight excluding hydrogens is 316 g/mol. The van der Waals surface area contributed by atoms with Gasteiger partial charge in [-0.3, -0.25) is 9.59 Å². The van der Waals surface area contributed by atoms with Crippen LogP contribution >= 0.6 is 0 Å². The van der Waals surface area contributed by atoms with Gasteiger partial charge in [0.1, 0.15) is 5.75 Å². The highest BCUT2D eigenvalue weighted by Crippen LogP contribution is 2.23. The number of hydrogen-bond acceptors (Lipinski definition) is 4. The lowest BCUT2D eigenvalue weighted by Gasteiger charge is -2.07. The summed E-state index contributed by atoms with van der Waals surface area (Å²) in [5.41, 5.74) is 2.70. The van der Waals surface area contributed by atoms with Gasteiger partial charge in [0.25, 0.3) is 0 Å². The zero-order valence-corrected chi connectivity index (χ0v) is 14.8. The number of esters is 1. The van der Waals surface area contributed by atoms with Gasteiger partial charge in [-0.2, -0.15) is 0 Å². The monoisotopic (exact) mass is 340 g/mol. The van der Waals surface area contributed by atoms with Crippen molar-refractivity contribution < 1.29 is 19.1 Å². The molecule has 4 nitrogen and oxygen atoms in total. The van der Waals surface area contributed by atoms with Crippen molar-refractivity contribution in [2.75, 3.05) is 13.7 Å². The van der Waals surface area contributed by atoms with Crippen LogP contribution in [0, 0.1) is 0 Å². The SMILES string of the molecule is CCCCOc1ccc(-c2ccc(C(=O)CCC(=O)OC)cc2)cc1. The highest BCUT2D eigenvalue weighted by molar-refractivity contribution is 5.97. The maximum Gasteiger partial charge on any atom is 0.305 e. The molecule has 0 heterocycles. The lowest BCUT2D eigenvalue weighted by molar-refractivity contribution is -0.140. The fourth-order valence-corrected chi connectivity index (χ4v) is 2.39. The first-order valence-corrected chi connectivity index (χ1v) is 8.57. The predicted octanol–water partition coefficient (Wildman–Crippen LogP) is 4.67. The van der Waals surface area contributed by atoms with E-state index in [0.717, 1.165) is 36.3 Å². The van der Waals surface area contributed by atoms with Crippen molar-refractivity contribution in [3.05, 3.63) is 54.1 Å². The minimum absolute atomic E-state index is 0.0587. The summed E-state index contributed by atoms with van der Waals surface area (Å²) in [6, 6.07) is 15.4. The molecule has 4 heteroatoms. The van der Waals surface area contributed by atoms with Crippen LogP contribution in [0.15, 0.2) is 48.5 Å². The van der Waals surface area contributed by atoms with Crippen LogP contribution in [0.25, 0.3) is 11.1 Å². The van der Waals surface area contributed by atoms with Gasteiger partial charge >= 0.3 is 5.97 Å². The van der Waals surface area contributed by atoms with Crippen molar-refractivity contribution in [1.82, 2.24) is 0 Å². The van der Waals surface area contributed by atoms with Crippen LogP contribution in [0.5, 0.6) is 5.75 Å². The fraction of sp³-hybridized carbons (Fsp3) is 0.333. The number of methoxy groups -OCH3 is 1. The molecule has 0 aliphatic rings. The Balaban J connectivity index is 1.97. The van der Waals surface area contributed by atoms with Crippen LogP contribution in [0.4, 0.5) is 0 Å². The fourth-order valence-electron chi connectivity index (χ4n) is 2.39. The van der Waals surface area contributed by atoms with Gasteiger partial charge in [-0.05, 0) is 29.7 Å². The topological polar surface area (TPSA) is 52.6 Å². The van der Waals surface area contributed by atoms with Gasteiger partial charge in [0.2, 0.25) is 0 Å². The highest BCUT2D eigenvalue weighted by Gasteiger charge is 2.09. The molecule has 0 radical (unpaired) electrons. The number of benzene rings is 2. The van der Waals surface area contributed by atoms with Crippen molar-refractivity contribution in [2.45, 2.75) is 32.6 Å². The number of Topliss-reactive ketones (excluding diaryl/α,β-unsaturated/α-hetero) is 1. The molecule has 0 aliphatic heterocycles. The molecule has 0 atom stereocenters. The molecule has 25 heavy (non-hydrogen) atoms. The maximum atomic E-state index is 12.1. The Bertz CT molecular complexity index is 687. The third-order valence-electron chi connectivity index (χ3n) is 3.95. The summed E-state index contributed by atoms with van der Waals surface area (Å²) < 4.78 is 10.2. The lowest BCUT2D eigenvalue weighted by Crippen LogP contribution is -2.05. The van der Waals surface area contributed by atoms with Crippen molar-refractivity contribution in [3.8, 4) is 16.9 Å². The molecule has 132 valence electrons. The van der Waals surface area contributed by atoms with Crippen LogP contribution in [0.2, 0.25) is 0 Å². The van der Waals surface area contributed by atoms with E-state index in [1.807, 2.05) is 36.4 Å². The molecule has 0 unspecified atom stereocenters. The number of rotatable bonds is 9. The molecule has 0 N–H and O–H groups in total. The van der Waals surface area contributed by atoms with E-state index in [4.69, 9.17) is 4.74 Å². The van der Waals surface area contributed by atoms with Gasteiger partial charge in [-0.1, -0.05) is 49.7 Å². The quantitative estimate of drug-likeness (QED) is 0.378. The van der Waals surface area contributed by atoms with Gasteiger partial charge in [0.15, 0.2) is 5.78 Å². The van der Waals surface area contributed by atoms with Crippen molar-refractivity contribution >= 4 is 11.8 Å². The number of hydrogen-bond donors (Lipinski definition) is 0. The smallest absolute Gasteiger partial charge is 0.305 e. The molecule has 0 amide bonds.